The first-order valence-electron chi connectivity index (χ1n) is 6.62. The van der Waals surface area contributed by atoms with Crippen molar-refractivity contribution in [2.45, 2.75) is 19.8 Å². The van der Waals surface area contributed by atoms with Crippen LogP contribution in [0.15, 0.2) is 12.1 Å². The van der Waals surface area contributed by atoms with E-state index in [2.05, 4.69) is 15.2 Å². The van der Waals surface area contributed by atoms with E-state index in [9.17, 15) is 10.1 Å². The SMILES string of the molecule is Cc1nc(N(C)CC2CCCNC2)ccc1[N+](=O)[O-]. The fourth-order valence-electron chi connectivity index (χ4n) is 2.51. The molecule has 104 valence electrons. The number of nitro groups is 1. The van der Waals surface area contributed by atoms with Gasteiger partial charge in [-0.15, -0.1) is 0 Å². The second-order valence-corrected chi connectivity index (χ2v) is 5.12. The molecule has 0 bridgehead atoms. The van der Waals surface area contributed by atoms with Gasteiger partial charge in [0, 0.05) is 19.7 Å². The van der Waals surface area contributed by atoms with Crippen molar-refractivity contribution in [3.63, 3.8) is 0 Å². The Labute approximate surface area is 113 Å². The van der Waals surface area contributed by atoms with Crippen molar-refractivity contribution in [2.24, 2.45) is 5.92 Å². The lowest BCUT2D eigenvalue weighted by Crippen LogP contribution is -2.37. The molecule has 2 heterocycles. The zero-order valence-electron chi connectivity index (χ0n) is 11.4. The Morgan fingerprint density at radius 3 is 2.95 bits per heavy atom. The minimum atomic E-state index is -0.392. The van der Waals surface area contributed by atoms with Crippen LogP contribution >= 0.6 is 0 Å². The summed E-state index contributed by atoms with van der Waals surface area (Å²) < 4.78 is 0. The number of nitrogens with zero attached hydrogens (tertiary/aromatic N) is 3. The standard InChI is InChI=1S/C13H20N4O2/c1-10-12(17(18)19)5-6-13(15-10)16(2)9-11-4-3-7-14-8-11/h5-6,11,14H,3-4,7-9H2,1-2H3. The molecule has 0 aromatic carbocycles. The largest absolute Gasteiger partial charge is 0.359 e. The maximum atomic E-state index is 10.8. The summed E-state index contributed by atoms with van der Waals surface area (Å²) in [5.74, 6) is 1.42. The molecule has 0 spiro atoms. The smallest absolute Gasteiger partial charge is 0.290 e. The summed E-state index contributed by atoms with van der Waals surface area (Å²) in [5.41, 5.74) is 0.549. The Morgan fingerprint density at radius 2 is 2.37 bits per heavy atom. The third-order valence-corrected chi connectivity index (χ3v) is 3.56. The number of anilines is 1. The van der Waals surface area contributed by atoms with Gasteiger partial charge in [0.1, 0.15) is 11.5 Å². The number of aryl methyl sites for hydroxylation is 1. The summed E-state index contributed by atoms with van der Waals surface area (Å²) >= 11 is 0. The average molecular weight is 264 g/mol. The molecule has 19 heavy (non-hydrogen) atoms. The van der Waals surface area contributed by atoms with Crippen LogP contribution in [0.1, 0.15) is 18.5 Å². The van der Waals surface area contributed by atoms with Crippen molar-refractivity contribution in [3.8, 4) is 0 Å². The van der Waals surface area contributed by atoms with Gasteiger partial charge in [-0.2, -0.15) is 0 Å². The second-order valence-electron chi connectivity index (χ2n) is 5.12. The molecule has 6 nitrogen and oxygen atoms in total. The van der Waals surface area contributed by atoms with Gasteiger partial charge in [0.2, 0.25) is 0 Å². The first-order valence-corrected chi connectivity index (χ1v) is 6.62. The van der Waals surface area contributed by atoms with Crippen LogP contribution in [0, 0.1) is 23.0 Å². The molecule has 1 saturated heterocycles. The van der Waals surface area contributed by atoms with Crippen molar-refractivity contribution in [1.29, 1.82) is 0 Å². The first kappa shape index (κ1) is 13.7. The Hall–Kier alpha value is -1.69. The molecule has 1 N–H and O–H groups in total. The van der Waals surface area contributed by atoms with Gasteiger partial charge in [-0.1, -0.05) is 0 Å². The van der Waals surface area contributed by atoms with E-state index in [-0.39, 0.29) is 5.69 Å². The average Bonchev–Trinajstić information content (AvgIpc) is 2.39. The number of rotatable bonds is 4. The molecule has 0 amide bonds. The van der Waals surface area contributed by atoms with Gasteiger partial charge in [0.15, 0.2) is 0 Å². The van der Waals surface area contributed by atoms with Crippen LogP contribution in [0.25, 0.3) is 0 Å². The fourth-order valence-corrected chi connectivity index (χ4v) is 2.51. The van der Waals surface area contributed by atoms with E-state index in [4.69, 9.17) is 0 Å². The zero-order valence-corrected chi connectivity index (χ0v) is 11.4. The lowest BCUT2D eigenvalue weighted by molar-refractivity contribution is -0.385. The molecule has 1 fully saturated rings. The molecule has 2 rings (SSSR count). The molecule has 0 aliphatic carbocycles. The van der Waals surface area contributed by atoms with Crippen molar-refractivity contribution in [3.05, 3.63) is 27.9 Å². The highest BCUT2D eigenvalue weighted by Gasteiger charge is 2.18. The third kappa shape index (κ3) is 3.41. The highest BCUT2D eigenvalue weighted by Crippen LogP contribution is 2.21. The molecule has 1 atom stereocenters. The van der Waals surface area contributed by atoms with Crippen molar-refractivity contribution in [2.75, 3.05) is 31.6 Å². The van der Waals surface area contributed by atoms with E-state index in [1.807, 2.05) is 7.05 Å². The van der Waals surface area contributed by atoms with E-state index in [1.165, 1.54) is 18.9 Å². The molecule has 1 aliphatic heterocycles. The predicted octanol–water partition coefficient (Wildman–Crippen LogP) is 1.73. The van der Waals surface area contributed by atoms with Crippen LogP contribution in [0.4, 0.5) is 11.5 Å². The van der Waals surface area contributed by atoms with E-state index in [0.29, 0.717) is 11.6 Å². The molecular weight excluding hydrogens is 244 g/mol. The van der Waals surface area contributed by atoms with Gasteiger partial charge in [-0.3, -0.25) is 10.1 Å². The summed E-state index contributed by atoms with van der Waals surface area (Å²) in [4.78, 5) is 16.8. The maximum Gasteiger partial charge on any atom is 0.290 e. The summed E-state index contributed by atoms with van der Waals surface area (Å²) in [7, 11) is 1.99. The molecule has 0 radical (unpaired) electrons. The Morgan fingerprint density at radius 1 is 1.58 bits per heavy atom. The number of piperidine rings is 1. The van der Waals surface area contributed by atoms with Gasteiger partial charge in [-0.25, -0.2) is 4.98 Å². The van der Waals surface area contributed by atoms with E-state index >= 15 is 0 Å². The topological polar surface area (TPSA) is 71.3 Å². The summed E-state index contributed by atoms with van der Waals surface area (Å²) in [6, 6.07) is 3.26. The minimum absolute atomic E-state index is 0.0801. The highest BCUT2D eigenvalue weighted by atomic mass is 16.6. The lowest BCUT2D eigenvalue weighted by atomic mass is 9.99. The molecule has 1 aromatic rings. The Bertz CT molecular complexity index is 458. The van der Waals surface area contributed by atoms with Gasteiger partial charge in [0.05, 0.1) is 4.92 Å². The summed E-state index contributed by atoms with van der Waals surface area (Å²) in [6.45, 7) is 4.75. The van der Waals surface area contributed by atoms with Crippen LogP contribution < -0.4 is 10.2 Å². The van der Waals surface area contributed by atoms with Crippen molar-refractivity contribution >= 4 is 11.5 Å². The van der Waals surface area contributed by atoms with Gasteiger partial charge >= 0.3 is 0 Å². The highest BCUT2D eigenvalue weighted by molar-refractivity contribution is 5.46. The van der Waals surface area contributed by atoms with E-state index in [1.54, 1.807) is 13.0 Å². The van der Waals surface area contributed by atoms with E-state index < -0.39 is 4.92 Å². The zero-order chi connectivity index (χ0) is 13.8. The Balaban J connectivity index is 2.04. The first-order chi connectivity index (χ1) is 9.08. The molecule has 6 heteroatoms. The fraction of sp³-hybridized carbons (Fsp3) is 0.615. The minimum Gasteiger partial charge on any atom is -0.359 e. The van der Waals surface area contributed by atoms with Crippen LogP contribution in [-0.2, 0) is 0 Å². The summed E-state index contributed by atoms with van der Waals surface area (Å²) in [6.07, 6.45) is 2.44. The van der Waals surface area contributed by atoms with Gasteiger partial charge in [-0.05, 0) is 44.8 Å². The molecular formula is C13H20N4O2. The number of nitrogens with one attached hydrogen (secondary N) is 1. The van der Waals surface area contributed by atoms with Crippen LogP contribution in [0.5, 0.6) is 0 Å². The quantitative estimate of drug-likeness (QED) is 0.662. The van der Waals surface area contributed by atoms with Gasteiger partial charge < -0.3 is 10.2 Å². The van der Waals surface area contributed by atoms with Crippen LogP contribution in [0.2, 0.25) is 0 Å². The third-order valence-electron chi connectivity index (χ3n) is 3.56. The molecule has 1 aromatic heterocycles. The van der Waals surface area contributed by atoms with E-state index in [0.717, 1.165) is 25.5 Å². The van der Waals surface area contributed by atoms with Crippen molar-refractivity contribution in [1.82, 2.24) is 10.3 Å². The maximum absolute atomic E-state index is 10.8. The molecule has 0 saturated carbocycles. The van der Waals surface area contributed by atoms with Crippen LogP contribution in [-0.4, -0.2) is 36.6 Å². The second kappa shape index (κ2) is 5.97. The molecule has 1 unspecified atom stereocenters. The summed E-state index contributed by atoms with van der Waals surface area (Å²) in [5, 5.41) is 14.2. The van der Waals surface area contributed by atoms with Gasteiger partial charge in [0.25, 0.3) is 5.69 Å². The number of hydrogen-bond acceptors (Lipinski definition) is 5. The predicted molar refractivity (Wildman–Crippen MR) is 74.5 cm³/mol. The number of aromatic nitrogens is 1. The lowest BCUT2D eigenvalue weighted by Gasteiger charge is -2.28. The van der Waals surface area contributed by atoms with Crippen LogP contribution in [0.3, 0.4) is 0 Å². The number of pyridine rings is 1. The van der Waals surface area contributed by atoms with Crippen molar-refractivity contribution < 1.29 is 4.92 Å². The normalized spacial score (nSPS) is 19.2. The number of hydrogen-bond donors (Lipinski definition) is 1. The molecule has 1 aliphatic rings. The monoisotopic (exact) mass is 264 g/mol. The Kier molecular flexibility index (Phi) is 4.31.